The van der Waals surface area contributed by atoms with E-state index in [1.807, 2.05) is 12.1 Å². The van der Waals surface area contributed by atoms with Gasteiger partial charge < -0.3 is 15.7 Å². The van der Waals surface area contributed by atoms with Crippen LogP contribution in [0.2, 0.25) is 0 Å². The molecule has 2 atom stereocenters. The largest absolute Gasteiger partial charge is 0.391 e. The lowest BCUT2D eigenvalue weighted by Crippen LogP contribution is -2.43. The van der Waals surface area contributed by atoms with Crippen molar-refractivity contribution < 1.29 is 19.5 Å². The van der Waals surface area contributed by atoms with E-state index in [0.717, 1.165) is 6.42 Å². The number of aliphatic hydroxyl groups is 1. The third-order valence-corrected chi connectivity index (χ3v) is 4.41. The Morgan fingerprint density at radius 1 is 1.20 bits per heavy atom. The number of aliphatic hydroxyl groups excluding tert-OH is 1. The van der Waals surface area contributed by atoms with Crippen LogP contribution in [0.3, 0.4) is 0 Å². The number of hydrogen-bond donors (Lipinski definition) is 2. The van der Waals surface area contributed by atoms with Gasteiger partial charge in [0.1, 0.15) is 6.04 Å². The highest BCUT2D eigenvalue weighted by molar-refractivity contribution is 5.98. The van der Waals surface area contributed by atoms with Gasteiger partial charge in [-0.3, -0.25) is 14.4 Å². The first kappa shape index (κ1) is 19.1. The zero-order valence-corrected chi connectivity index (χ0v) is 14.8. The number of rotatable bonds is 7. The molecule has 1 aliphatic rings. The van der Waals surface area contributed by atoms with Crippen LogP contribution in [0.15, 0.2) is 24.3 Å². The topological polar surface area (TPSA) is 101 Å². The van der Waals surface area contributed by atoms with Crippen molar-refractivity contribution >= 4 is 17.6 Å². The van der Waals surface area contributed by atoms with Crippen LogP contribution in [-0.2, 0) is 16.0 Å². The molecule has 0 bridgehead atoms. The summed E-state index contributed by atoms with van der Waals surface area (Å²) in [6.45, 7) is 4.36. The molecular formula is C19H26N2O4. The van der Waals surface area contributed by atoms with Gasteiger partial charge >= 0.3 is 0 Å². The molecule has 1 fully saturated rings. The van der Waals surface area contributed by atoms with Gasteiger partial charge in [0.05, 0.1) is 6.10 Å². The third kappa shape index (κ3) is 5.13. The molecule has 0 aliphatic carbocycles. The predicted octanol–water partition coefficient (Wildman–Crippen LogP) is 1.30. The Bertz CT molecular complexity index is 639. The fourth-order valence-corrected chi connectivity index (χ4v) is 3.17. The fraction of sp³-hybridized carbons (Fsp3) is 0.526. The number of likely N-dealkylation sites (tertiary alicyclic amines) is 1. The molecule has 3 N–H and O–H groups in total. The fourth-order valence-electron chi connectivity index (χ4n) is 3.17. The molecule has 2 rings (SSSR count). The Kier molecular flexibility index (Phi) is 6.31. The molecule has 1 aliphatic heterocycles. The zero-order valence-electron chi connectivity index (χ0n) is 14.8. The van der Waals surface area contributed by atoms with Gasteiger partial charge in [-0.25, -0.2) is 0 Å². The van der Waals surface area contributed by atoms with Gasteiger partial charge in [-0.2, -0.15) is 0 Å². The lowest BCUT2D eigenvalue weighted by Gasteiger charge is -2.21. The monoisotopic (exact) mass is 346 g/mol. The van der Waals surface area contributed by atoms with Gasteiger partial charge in [-0.15, -0.1) is 0 Å². The maximum atomic E-state index is 12.3. The van der Waals surface area contributed by atoms with Gasteiger partial charge in [0, 0.05) is 31.4 Å². The van der Waals surface area contributed by atoms with E-state index < -0.39 is 18.1 Å². The number of nitrogens with two attached hydrogens (primary N) is 1. The van der Waals surface area contributed by atoms with Crippen molar-refractivity contribution in [3.63, 3.8) is 0 Å². The van der Waals surface area contributed by atoms with Crippen molar-refractivity contribution in [2.75, 3.05) is 6.54 Å². The average molecular weight is 346 g/mol. The van der Waals surface area contributed by atoms with Crippen molar-refractivity contribution in [1.82, 2.24) is 4.90 Å². The standard InChI is InChI=1S/C19H26N2O4/c1-12(2)9-13-3-5-14(6-4-13)17(23)7-8-18(24)21-11-15(22)10-16(21)19(20)25/h3-6,12,15-16,22H,7-11H2,1-2H3,(H2,20,25)/t15-,16-/m0/s1. The minimum absolute atomic E-state index is 0.00305. The second-order valence-electron chi connectivity index (χ2n) is 7.07. The van der Waals surface area contributed by atoms with Crippen molar-refractivity contribution in [2.24, 2.45) is 11.7 Å². The summed E-state index contributed by atoms with van der Waals surface area (Å²) >= 11 is 0. The summed E-state index contributed by atoms with van der Waals surface area (Å²) < 4.78 is 0. The molecule has 25 heavy (non-hydrogen) atoms. The number of Topliss-reactive ketones (excluding diaryl/α,β-unsaturated/α-hetero) is 1. The van der Waals surface area contributed by atoms with Crippen LogP contribution >= 0.6 is 0 Å². The molecule has 0 aromatic heterocycles. The molecule has 1 saturated heterocycles. The van der Waals surface area contributed by atoms with Crippen molar-refractivity contribution in [3.05, 3.63) is 35.4 Å². The summed E-state index contributed by atoms with van der Waals surface area (Å²) in [4.78, 5) is 37.2. The van der Waals surface area contributed by atoms with Crippen molar-refractivity contribution in [1.29, 1.82) is 0 Å². The van der Waals surface area contributed by atoms with Gasteiger partial charge in [0.25, 0.3) is 0 Å². The number of benzene rings is 1. The van der Waals surface area contributed by atoms with Crippen LogP contribution in [0.5, 0.6) is 0 Å². The maximum Gasteiger partial charge on any atom is 0.240 e. The van der Waals surface area contributed by atoms with Gasteiger partial charge in [-0.05, 0) is 17.9 Å². The average Bonchev–Trinajstić information content (AvgIpc) is 2.94. The molecule has 0 saturated carbocycles. The number of carbonyl (C=O) groups is 3. The van der Waals surface area contributed by atoms with Crippen LogP contribution < -0.4 is 5.73 Å². The van der Waals surface area contributed by atoms with Crippen LogP contribution in [0.1, 0.15) is 49.0 Å². The summed E-state index contributed by atoms with van der Waals surface area (Å²) in [5.41, 5.74) is 7.03. The quantitative estimate of drug-likeness (QED) is 0.727. The Morgan fingerprint density at radius 3 is 2.40 bits per heavy atom. The van der Waals surface area contributed by atoms with Gasteiger partial charge in [0.15, 0.2) is 5.78 Å². The minimum Gasteiger partial charge on any atom is -0.391 e. The van der Waals surface area contributed by atoms with Gasteiger partial charge in [0.2, 0.25) is 11.8 Å². The number of carbonyl (C=O) groups excluding carboxylic acids is 3. The maximum absolute atomic E-state index is 12.3. The minimum atomic E-state index is -0.784. The van der Waals surface area contributed by atoms with Crippen molar-refractivity contribution in [2.45, 2.75) is 51.7 Å². The number of hydrogen-bond acceptors (Lipinski definition) is 4. The molecule has 1 aromatic carbocycles. The SMILES string of the molecule is CC(C)Cc1ccc(C(=O)CCC(=O)N2C[C@@H](O)C[C@H]2C(N)=O)cc1. The number of nitrogens with zero attached hydrogens (tertiary/aromatic N) is 1. The number of primary amides is 1. The molecule has 2 amide bonds. The summed E-state index contributed by atoms with van der Waals surface area (Å²) in [5.74, 6) is -0.518. The summed E-state index contributed by atoms with van der Waals surface area (Å²) in [6.07, 6.45) is 0.444. The first-order valence-electron chi connectivity index (χ1n) is 8.67. The van der Waals surface area contributed by atoms with Crippen LogP contribution in [-0.4, -0.2) is 46.3 Å². The highest BCUT2D eigenvalue weighted by Crippen LogP contribution is 2.20. The molecule has 0 unspecified atom stereocenters. The Morgan fingerprint density at radius 2 is 1.84 bits per heavy atom. The van der Waals surface area contributed by atoms with Gasteiger partial charge in [-0.1, -0.05) is 38.1 Å². The van der Waals surface area contributed by atoms with Crippen molar-refractivity contribution in [3.8, 4) is 0 Å². The van der Waals surface area contributed by atoms with E-state index >= 15 is 0 Å². The van der Waals surface area contributed by atoms with E-state index in [0.29, 0.717) is 11.5 Å². The molecule has 136 valence electrons. The number of ketones is 1. The second-order valence-corrected chi connectivity index (χ2v) is 7.07. The normalized spacial score (nSPS) is 20.1. The van der Waals surface area contributed by atoms with Crippen LogP contribution in [0.25, 0.3) is 0 Å². The Balaban J connectivity index is 1.90. The molecule has 1 heterocycles. The van der Waals surface area contributed by atoms with E-state index in [2.05, 4.69) is 13.8 Å². The molecule has 0 spiro atoms. The van der Waals surface area contributed by atoms with E-state index in [1.165, 1.54) is 10.5 Å². The smallest absolute Gasteiger partial charge is 0.240 e. The summed E-state index contributed by atoms with van der Waals surface area (Å²) in [7, 11) is 0. The highest BCUT2D eigenvalue weighted by Gasteiger charge is 2.37. The molecular weight excluding hydrogens is 320 g/mol. The molecule has 6 heteroatoms. The summed E-state index contributed by atoms with van der Waals surface area (Å²) in [5, 5.41) is 9.64. The van der Waals surface area contributed by atoms with Crippen LogP contribution in [0, 0.1) is 5.92 Å². The lowest BCUT2D eigenvalue weighted by molar-refractivity contribution is -0.137. The predicted molar refractivity (Wildman–Crippen MR) is 93.9 cm³/mol. The van der Waals surface area contributed by atoms with E-state index in [-0.39, 0.29) is 37.5 Å². The molecule has 1 aromatic rings. The number of β-amino-alcohol motifs (C(OH)–C–C–N with tert-alkyl or cyclic N) is 1. The highest BCUT2D eigenvalue weighted by atomic mass is 16.3. The van der Waals surface area contributed by atoms with E-state index in [4.69, 9.17) is 5.73 Å². The number of amides is 2. The Labute approximate surface area is 148 Å². The molecule has 6 nitrogen and oxygen atoms in total. The first-order chi connectivity index (χ1) is 11.8. The van der Waals surface area contributed by atoms with E-state index in [1.54, 1.807) is 12.1 Å². The second kappa shape index (κ2) is 8.25. The zero-order chi connectivity index (χ0) is 18.6. The van der Waals surface area contributed by atoms with E-state index in [9.17, 15) is 19.5 Å². The third-order valence-electron chi connectivity index (χ3n) is 4.41. The molecule has 0 radical (unpaired) electrons. The lowest BCUT2D eigenvalue weighted by atomic mass is 9.99. The summed E-state index contributed by atoms with van der Waals surface area (Å²) in [6, 6.07) is 6.67. The first-order valence-corrected chi connectivity index (χ1v) is 8.67. The van der Waals surface area contributed by atoms with Crippen LogP contribution in [0.4, 0.5) is 0 Å². The Hall–Kier alpha value is -2.21.